The molecule has 2 N–H and O–H groups in total. The Morgan fingerprint density at radius 1 is 1.60 bits per heavy atom. The molecule has 84 valence electrons. The molecule has 0 aliphatic carbocycles. The Labute approximate surface area is 94.1 Å². The van der Waals surface area contributed by atoms with Gasteiger partial charge in [-0.1, -0.05) is 0 Å². The van der Waals surface area contributed by atoms with Crippen molar-refractivity contribution in [2.24, 2.45) is 0 Å². The molecule has 0 fully saturated rings. The van der Waals surface area contributed by atoms with E-state index >= 15 is 0 Å². The summed E-state index contributed by atoms with van der Waals surface area (Å²) in [7, 11) is 0. The SMILES string of the molecule is Cc1nc(CNCC(=O)NC(C)C)cs1. The van der Waals surface area contributed by atoms with E-state index in [0.717, 1.165) is 10.7 Å². The first-order valence-corrected chi connectivity index (χ1v) is 5.87. The van der Waals surface area contributed by atoms with Crippen molar-refractivity contribution in [1.82, 2.24) is 15.6 Å². The van der Waals surface area contributed by atoms with Crippen molar-refractivity contribution >= 4 is 17.2 Å². The highest BCUT2D eigenvalue weighted by molar-refractivity contribution is 7.09. The molecule has 0 aliphatic rings. The van der Waals surface area contributed by atoms with Gasteiger partial charge in [-0.05, 0) is 20.8 Å². The van der Waals surface area contributed by atoms with Gasteiger partial charge in [0.25, 0.3) is 0 Å². The zero-order valence-electron chi connectivity index (χ0n) is 9.33. The number of thiazole rings is 1. The minimum Gasteiger partial charge on any atom is -0.353 e. The van der Waals surface area contributed by atoms with Crippen molar-refractivity contribution in [3.63, 3.8) is 0 Å². The van der Waals surface area contributed by atoms with E-state index in [9.17, 15) is 4.79 Å². The van der Waals surface area contributed by atoms with Gasteiger partial charge in [-0.2, -0.15) is 0 Å². The summed E-state index contributed by atoms with van der Waals surface area (Å²) in [6, 6.07) is 0.195. The van der Waals surface area contributed by atoms with E-state index in [1.54, 1.807) is 11.3 Å². The molecule has 1 amide bonds. The molecule has 0 aliphatic heterocycles. The second kappa shape index (κ2) is 5.82. The minimum atomic E-state index is 0.0250. The lowest BCUT2D eigenvalue weighted by molar-refractivity contribution is -0.120. The summed E-state index contributed by atoms with van der Waals surface area (Å²) in [5, 5.41) is 8.92. The smallest absolute Gasteiger partial charge is 0.234 e. The molecule has 0 bridgehead atoms. The minimum absolute atomic E-state index is 0.0250. The van der Waals surface area contributed by atoms with Gasteiger partial charge in [0.1, 0.15) is 0 Å². The maximum absolute atomic E-state index is 11.3. The molecule has 4 nitrogen and oxygen atoms in total. The van der Waals surface area contributed by atoms with Crippen molar-refractivity contribution in [1.29, 1.82) is 0 Å². The molecule has 0 saturated heterocycles. The highest BCUT2D eigenvalue weighted by atomic mass is 32.1. The average molecular weight is 227 g/mol. The first-order chi connectivity index (χ1) is 7.08. The topological polar surface area (TPSA) is 54.0 Å². The summed E-state index contributed by atoms with van der Waals surface area (Å²) >= 11 is 1.62. The van der Waals surface area contributed by atoms with E-state index < -0.39 is 0 Å². The highest BCUT2D eigenvalue weighted by Gasteiger charge is 2.03. The van der Waals surface area contributed by atoms with Crippen LogP contribution in [0.4, 0.5) is 0 Å². The van der Waals surface area contributed by atoms with Crippen molar-refractivity contribution in [3.05, 3.63) is 16.1 Å². The molecule has 0 aromatic carbocycles. The highest BCUT2D eigenvalue weighted by Crippen LogP contribution is 2.06. The predicted octanol–water partition coefficient (Wildman–Crippen LogP) is 1.07. The molecule has 0 radical (unpaired) electrons. The Morgan fingerprint density at radius 3 is 2.87 bits per heavy atom. The Morgan fingerprint density at radius 2 is 2.33 bits per heavy atom. The molecule has 1 aromatic rings. The van der Waals surface area contributed by atoms with E-state index in [1.165, 1.54) is 0 Å². The zero-order valence-corrected chi connectivity index (χ0v) is 10.1. The molecule has 15 heavy (non-hydrogen) atoms. The first-order valence-electron chi connectivity index (χ1n) is 4.99. The van der Waals surface area contributed by atoms with Gasteiger partial charge in [0.05, 0.1) is 17.2 Å². The largest absolute Gasteiger partial charge is 0.353 e. The molecule has 0 saturated carbocycles. The molecule has 1 aromatic heterocycles. The van der Waals surface area contributed by atoms with Crippen LogP contribution < -0.4 is 10.6 Å². The average Bonchev–Trinajstić information content (AvgIpc) is 2.50. The second-order valence-electron chi connectivity index (χ2n) is 3.68. The normalized spacial score (nSPS) is 10.7. The number of amides is 1. The quantitative estimate of drug-likeness (QED) is 0.791. The van der Waals surface area contributed by atoms with E-state index in [2.05, 4.69) is 15.6 Å². The lowest BCUT2D eigenvalue weighted by Gasteiger charge is -2.08. The number of aryl methyl sites for hydroxylation is 1. The fourth-order valence-electron chi connectivity index (χ4n) is 1.17. The monoisotopic (exact) mass is 227 g/mol. The predicted molar refractivity (Wildman–Crippen MR) is 61.8 cm³/mol. The van der Waals surface area contributed by atoms with Gasteiger partial charge in [-0.3, -0.25) is 4.79 Å². The third-order valence-electron chi connectivity index (χ3n) is 1.71. The number of hydrogen-bond donors (Lipinski definition) is 2. The molecular formula is C10H17N3OS. The second-order valence-corrected chi connectivity index (χ2v) is 4.75. The molecule has 1 rings (SSSR count). The summed E-state index contributed by atoms with van der Waals surface area (Å²) in [4.78, 5) is 15.6. The van der Waals surface area contributed by atoms with Crippen LogP contribution >= 0.6 is 11.3 Å². The Hall–Kier alpha value is -0.940. The summed E-state index contributed by atoms with van der Waals surface area (Å²) in [6.07, 6.45) is 0. The van der Waals surface area contributed by atoms with Crippen LogP contribution in [0.1, 0.15) is 24.5 Å². The van der Waals surface area contributed by atoms with Crippen LogP contribution in [0.2, 0.25) is 0 Å². The molecule has 0 spiro atoms. The van der Waals surface area contributed by atoms with Crippen molar-refractivity contribution in [3.8, 4) is 0 Å². The van der Waals surface area contributed by atoms with Crippen LogP contribution in [-0.2, 0) is 11.3 Å². The number of nitrogens with zero attached hydrogens (tertiary/aromatic N) is 1. The van der Waals surface area contributed by atoms with Crippen LogP contribution in [0, 0.1) is 6.92 Å². The standard InChI is InChI=1S/C10H17N3OS/c1-7(2)12-10(14)5-11-4-9-6-15-8(3)13-9/h6-7,11H,4-5H2,1-3H3,(H,12,14). The van der Waals surface area contributed by atoms with Crippen molar-refractivity contribution < 1.29 is 4.79 Å². The lowest BCUT2D eigenvalue weighted by Crippen LogP contribution is -2.37. The molecule has 0 atom stereocenters. The Kier molecular flexibility index (Phi) is 4.71. The number of hydrogen-bond acceptors (Lipinski definition) is 4. The van der Waals surface area contributed by atoms with E-state index in [0.29, 0.717) is 13.1 Å². The number of carbonyl (C=O) groups excluding carboxylic acids is 1. The van der Waals surface area contributed by atoms with Gasteiger partial charge in [0.15, 0.2) is 0 Å². The van der Waals surface area contributed by atoms with Gasteiger partial charge in [-0.15, -0.1) is 11.3 Å². The summed E-state index contributed by atoms with van der Waals surface area (Å²) in [5.74, 6) is 0.0250. The van der Waals surface area contributed by atoms with Crippen LogP contribution in [0.5, 0.6) is 0 Å². The van der Waals surface area contributed by atoms with Crippen LogP contribution in [0.3, 0.4) is 0 Å². The Bertz CT molecular complexity index is 322. The van der Waals surface area contributed by atoms with Crippen molar-refractivity contribution in [2.75, 3.05) is 6.54 Å². The molecule has 1 heterocycles. The first kappa shape index (κ1) is 12.1. The number of carbonyl (C=O) groups is 1. The summed E-state index contributed by atoms with van der Waals surface area (Å²) in [5.41, 5.74) is 0.995. The lowest BCUT2D eigenvalue weighted by atomic mass is 10.4. The maximum atomic E-state index is 11.3. The number of nitrogens with one attached hydrogen (secondary N) is 2. The van der Waals surface area contributed by atoms with Crippen LogP contribution in [-0.4, -0.2) is 23.5 Å². The summed E-state index contributed by atoms with van der Waals surface area (Å²) < 4.78 is 0. The van der Waals surface area contributed by atoms with Crippen molar-refractivity contribution in [2.45, 2.75) is 33.4 Å². The van der Waals surface area contributed by atoms with Gasteiger partial charge in [0, 0.05) is 18.0 Å². The van der Waals surface area contributed by atoms with Gasteiger partial charge in [-0.25, -0.2) is 4.98 Å². The maximum Gasteiger partial charge on any atom is 0.234 e. The zero-order chi connectivity index (χ0) is 11.3. The van der Waals surface area contributed by atoms with Gasteiger partial charge in [0.2, 0.25) is 5.91 Å². The fraction of sp³-hybridized carbons (Fsp3) is 0.600. The summed E-state index contributed by atoms with van der Waals surface area (Å²) in [6.45, 7) is 6.85. The van der Waals surface area contributed by atoms with Gasteiger partial charge < -0.3 is 10.6 Å². The fourth-order valence-corrected chi connectivity index (χ4v) is 1.78. The number of rotatable bonds is 5. The Balaban J connectivity index is 2.19. The number of aromatic nitrogens is 1. The molecule has 5 heteroatoms. The third-order valence-corrected chi connectivity index (χ3v) is 2.53. The third kappa shape index (κ3) is 4.90. The molecule has 0 unspecified atom stereocenters. The van der Waals surface area contributed by atoms with Crippen LogP contribution in [0.25, 0.3) is 0 Å². The van der Waals surface area contributed by atoms with E-state index in [1.807, 2.05) is 26.2 Å². The van der Waals surface area contributed by atoms with Gasteiger partial charge >= 0.3 is 0 Å². The van der Waals surface area contributed by atoms with Crippen LogP contribution in [0.15, 0.2) is 5.38 Å². The molecular weight excluding hydrogens is 210 g/mol. The van der Waals surface area contributed by atoms with E-state index in [4.69, 9.17) is 0 Å². The van der Waals surface area contributed by atoms with E-state index in [-0.39, 0.29) is 11.9 Å².